The lowest BCUT2D eigenvalue weighted by molar-refractivity contribution is 0.881. The average Bonchev–Trinajstić information content (AvgIpc) is 2.98. The normalized spacial score (nSPS) is 10.7. The molecule has 0 saturated carbocycles. The minimum Gasteiger partial charge on any atom is -0.287 e. The Hall–Kier alpha value is -2.90. The van der Waals surface area contributed by atoms with Crippen molar-refractivity contribution in [3.05, 3.63) is 50.1 Å². The van der Waals surface area contributed by atoms with Crippen LogP contribution in [0.25, 0.3) is 10.8 Å². The minimum absolute atomic E-state index is 0.0825. The molecule has 0 fully saturated rings. The lowest BCUT2D eigenvalue weighted by atomic mass is 10.2. The van der Waals surface area contributed by atoms with E-state index >= 15 is 0 Å². The van der Waals surface area contributed by atoms with Crippen LogP contribution in [-0.4, -0.2) is 20.6 Å². The van der Waals surface area contributed by atoms with Crippen LogP contribution in [0.1, 0.15) is 0 Å². The molecule has 2 aromatic carbocycles. The molecule has 0 radical (unpaired) electrons. The van der Waals surface area contributed by atoms with Gasteiger partial charge in [0.2, 0.25) is 10.9 Å². The second-order valence-corrected chi connectivity index (χ2v) is 3.51. The minimum atomic E-state index is -0.411. The summed E-state index contributed by atoms with van der Waals surface area (Å²) in [6.07, 6.45) is 0. The van der Waals surface area contributed by atoms with Crippen LogP contribution in [0.2, 0.25) is 0 Å². The molecule has 0 bridgehead atoms. The Morgan fingerprint density at radius 2 is 1.78 bits per heavy atom. The quantitative estimate of drug-likeness (QED) is 0.550. The van der Waals surface area contributed by atoms with Gasteiger partial charge in [-0.05, 0) is 5.21 Å². The van der Waals surface area contributed by atoms with Crippen molar-refractivity contribution in [1.29, 1.82) is 0 Å². The first-order chi connectivity index (χ1) is 8.77. The van der Waals surface area contributed by atoms with Crippen LogP contribution in [0.15, 0.2) is 39.0 Å². The highest BCUT2D eigenvalue weighted by molar-refractivity contribution is 5.83. The van der Waals surface area contributed by atoms with Gasteiger partial charge in [-0.1, -0.05) is 29.4 Å². The lowest BCUT2D eigenvalue weighted by Gasteiger charge is -1.85. The molecule has 88 valence electrons. The maximum Gasteiger partial charge on any atom is 0.283 e. The van der Waals surface area contributed by atoms with E-state index in [9.17, 15) is 9.59 Å². The zero-order valence-electron chi connectivity index (χ0n) is 8.91. The zero-order valence-corrected chi connectivity index (χ0v) is 8.91. The predicted molar refractivity (Wildman–Crippen MR) is 62.2 cm³/mol. The molecule has 0 aliphatic carbocycles. The monoisotopic (exact) mass is 242 g/mol. The van der Waals surface area contributed by atoms with Crippen molar-refractivity contribution in [2.75, 3.05) is 5.43 Å². The van der Waals surface area contributed by atoms with Crippen LogP contribution in [0.4, 0.5) is 5.95 Å². The summed E-state index contributed by atoms with van der Waals surface area (Å²) < 4.78 is 0. The van der Waals surface area contributed by atoms with Gasteiger partial charge in [0.25, 0.3) is 5.95 Å². The molecule has 0 aliphatic rings. The zero-order chi connectivity index (χ0) is 12.5. The molecule has 0 atom stereocenters. The molecule has 0 spiro atoms. The van der Waals surface area contributed by atoms with E-state index < -0.39 is 10.9 Å². The van der Waals surface area contributed by atoms with Gasteiger partial charge in [-0.15, -0.1) is 5.10 Å². The van der Waals surface area contributed by atoms with Crippen molar-refractivity contribution in [1.82, 2.24) is 20.6 Å². The van der Waals surface area contributed by atoms with Gasteiger partial charge in [0.1, 0.15) is 0 Å². The first-order valence-corrected chi connectivity index (χ1v) is 5.03. The Morgan fingerprint density at radius 1 is 1.11 bits per heavy atom. The number of hydrogen-bond donors (Lipinski definition) is 2. The number of fused-ring (bicyclic) bond motifs is 1. The van der Waals surface area contributed by atoms with E-state index in [0.29, 0.717) is 10.8 Å². The van der Waals surface area contributed by atoms with Gasteiger partial charge in [0.15, 0.2) is 5.36 Å². The molecule has 3 rings (SSSR count). The third-order valence-electron chi connectivity index (χ3n) is 2.46. The number of aromatic amines is 1. The van der Waals surface area contributed by atoms with E-state index in [4.69, 9.17) is 0 Å². The van der Waals surface area contributed by atoms with Crippen LogP contribution < -0.4 is 21.6 Å². The maximum atomic E-state index is 11.9. The van der Waals surface area contributed by atoms with Gasteiger partial charge in [-0.3, -0.25) is 9.59 Å². The predicted octanol–water partition coefficient (Wildman–Crippen LogP) is -1.12. The number of H-pyrrole nitrogens is 1. The number of aromatic nitrogens is 4. The average molecular weight is 242 g/mol. The fraction of sp³-hybridized carbons (Fsp3) is 0. The Labute approximate surface area is 98.7 Å². The van der Waals surface area contributed by atoms with E-state index in [0.717, 1.165) is 0 Å². The summed E-state index contributed by atoms with van der Waals surface area (Å²) in [5.41, 5.74) is 1.57. The summed E-state index contributed by atoms with van der Waals surface area (Å²) in [5.74, 6) is 0.0825. The number of benzene rings is 1. The molecule has 18 heavy (non-hydrogen) atoms. The SMILES string of the molecule is O=c1c(=NNc2nn[nH]n2)c(=O)c2ccccc12. The van der Waals surface area contributed by atoms with Gasteiger partial charge in [0, 0.05) is 10.8 Å². The molecular formula is C10H6N6O2. The van der Waals surface area contributed by atoms with Crippen LogP contribution in [0.5, 0.6) is 0 Å². The molecule has 0 saturated heterocycles. The van der Waals surface area contributed by atoms with Crippen molar-refractivity contribution in [3.8, 4) is 0 Å². The van der Waals surface area contributed by atoms with E-state index in [1.54, 1.807) is 24.3 Å². The number of nitrogens with zero attached hydrogens (tertiary/aromatic N) is 4. The molecule has 8 heteroatoms. The van der Waals surface area contributed by atoms with Gasteiger partial charge >= 0.3 is 0 Å². The van der Waals surface area contributed by atoms with Crippen molar-refractivity contribution in [2.24, 2.45) is 5.10 Å². The lowest BCUT2D eigenvalue weighted by Crippen LogP contribution is -2.32. The second-order valence-electron chi connectivity index (χ2n) is 3.51. The highest BCUT2D eigenvalue weighted by Crippen LogP contribution is 2.01. The fourth-order valence-corrected chi connectivity index (χ4v) is 1.65. The van der Waals surface area contributed by atoms with E-state index in [2.05, 4.69) is 31.2 Å². The molecule has 0 aliphatic heterocycles. The summed E-state index contributed by atoms with van der Waals surface area (Å²) >= 11 is 0. The second kappa shape index (κ2) is 3.84. The summed E-state index contributed by atoms with van der Waals surface area (Å²) in [7, 11) is 0. The van der Waals surface area contributed by atoms with Crippen LogP contribution in [0, 0.1) is 0 Å². The number of rotatable bonds is 2. The Morgan fingerprint density at radius 3 is 2.33 bits per heavy atom. The third-order valence-corrected chi connectivity index (χ3v) is 2.46. The van der Waals surface area contributed by atoms with Crippen molar-refractivity contribution in [3.63, 3.8) is 0 Å². The highest BCUT2D eigenvalue weighted by atomic mass is 16.1. The summed E-state index contributed by atoms with van der Waals surface area (Å²) in [6, 6.07) is 6.57. The molecule has 1 aromatic heterocycles. The first kappa shape index (κ1) is 10.3. The fourth-order valence-electron chi connectivity index (χ4n) is 1.65. The van der Waals surface area contributed by atoms with Crippen molar-refractivity contribution in [2.45, 2.75) is 0 Å². The number of hydrogen-bond acceptors (Lipinski definition) is 7. The molecular weight excluding hydrogens is 236 g/mol. The van der Waals surface area contributed by atoms with Gasteiger partial charge in [-0.25, -0.2) is 5.43 Å². The molecule has 3 aromatic rings. The molecule has 8 nitrogen and oxygen atoms in total. The third kappa shape index (κ3) is 1.47. The van der Waals surface area contributed by atoms with E-state index in [1.807, 2.05) is 0 Å². The van der Waals surface area contributed by atoms with Gasteiger partial charge in [0.05, 0.1) is 0 Å². The molecule has 0 amide bonds. The van der Waals surface area contributed by atoms with Gasteiger partial charge < -0.3 is 0 Å². The Kier molecular flexibility index (Phi) is 2.19. The van der Waals surface area contributed by atoms with Gasteiger partial charge in [-0.2, -0.15) is 10.3 Å². The van der Waals surface area contributed by atoms with Crippen LogP contribution in [0.3, 0.4) is 0 Å². The highest BCUT2D eigenvalue weighted by Gasteiger charge is 2.09. The number of anilines is 1. The topological polar surface area (TPSA) is 113 Å². The Balaban J connectivity index is 2.21. The van der Waals surface area contributed by atoms with E-state index in [-0.39, 0.29) is 11.3 Å². The van der Waals surface area contributed by atoms with Crippen LogP contribution >= 0.6 is 0 Å². The summed E-state index contributed by atoms with van der Waals surface area (Å²) in [6.45, 7) is 0. The van der Waals surface area contributed by atoms with Crippen LogP contribution in [-0.2, 0) is 0 Å². The maximum absolute atomic E-state index is 11.9. The van der Waals surface area contributed by atoms with E-state index in [1.165, 1.54) is 0 Å². The molecule has 1 heterocycles. The molecule has 2 N–H and O–H groups in total. The smallest absolute Gasteiger partial charge is 0.283 e. The largest absolute Gasteiger partial charge is 0.287 e. The molecule has 0 unspecified atom stereocenters. The standard InChI is InChI=1S/C10H6N6O2/c17-8-5-3-1-2-4-6(5)9(18)7(8)11-12-10-13-15-16-14-10/h1-4H,(H2,12,13,14,15,16). The van der Waals surface area contributed by atoms with Crippen molar-refractivity contribution < 1.29 is 0 Å². The number of tetrazole rings is 1. The van der Waals surface area contributed by atoms with Crippen molar-refractivity contribution >= 4 is 16.7 Å². The summed E-state index contributed by atoms with van der Waals surface area (Å²) in [4.78, 5) is 23.8. The number of nitrogens with one attached hydrogen (secondary N) is 2. The first-order valence-electron chi connectivity index (χ1n) is 5.03. The Bertz CT molecular complexity index is 795. The summed E-state index contributed by atoms with van der Waals surface area (Å²) in [5, 5.41) is 17.0.